The largest absolute Gasteiger partial charge is 0.416 e. The Hall–Kier alpha value is -3.83. The van der Waals surface area contributed by atoms with Crippen LogP contribution in [0.25, 0.3) is 11.6 Å². The fourth-order valence-corrected chi connectivity index (χ4v) is 5.02. The molecule has 212 valence electrons. The molecule has 0 aliphatic carbocycles. The third-order valence-corrected chi connectivity index (χ3v) is 7.24. The van der Waals surface area contributed by atoms with Crippen molar-refractivity contribution in [3.63, 3.8) is 0 Å². The number of aromatic nitrogens is 1. The Morgan fingerprint density at radius 2 is 1.82 bits per heavy atom. The number of likely N-dealkylation sites (N-methyl/N-ethyl adjacent to an activating group) is 1. The topological polar surface area (TPSA) is 75.4 Å². The van der Waals surface area contributed by atoms with Gasteiger partial charge < -0.3 is 25.8 Å². The summed E-state index contributed by atoms with van der Waals surface area (Å²) >= 11 is 0. The predicted octanol–water partition coefficient (Wildman–Crippen LogP) is 5.25. The summed E-state index contributed by atoms with van der Waals surface area (Å²) in [5.41, 5.74) is 3.21. The normalized spacial score (nSPS) is 16.2. The number of piperazine rings is 1. The second kappa shape index (κ2) is 11.3. The van der Waals surface area contributed by atoms with Gasteiger partial charge >= 0.3 is 6.18 Å². The lowest BCUT2D eigenvalue weighted by Gasteiger charge is -2.33. The lowest BCUT2D eigenvalue weighted by Crippen LogP contribution is -2.44. The smallest absolute Gasteiger partial charge is 0.374 e. The predicted molar refractivity (Wildman–Crippen MR) is 150 cm³/mol. The van der Waals surface area contributed by atoms with E-state index >= 15 is 0 Å². The Kier molecular flexibility index (Phi) is 7.86. The zero-order chi connectivity index (χ0) is 28.4. The van der Waals surface area contributed by atoms with Crippen molar-refractivity contribution in [3.8, 4) is 0 Å². The number of halogens is 4. The monoisotopic (exact) mass is 556 g/mol. The Morgan fingerprint density at radius 1 is 1.05 bits per heavy atom. The summed E-state index contributed by atoms with van der Waals surface area (Å²) in [5.74, 6) is -0.189. The van der Waals surface area contributed by atoms with Crippen LogP contribution in [0.3, 0.4) is 0 Å². The van der Waals surface area contributed by atoms with E-state index in [0.29, 0.717) is 25.2 Å². The molecule has 3 heterocycles. The number of H-pyrrole nitrogens is 1. The van der Waals surface area contributed by atoms with Gasteiger partial charge in [0.2, 0.25) is 5.91 Å². The standard InChI is InChI=1S/C29H32F4N6O/c1-18-11-21-12-22(15-35-28(21)36-18)19-4-6-26(25(30)13-19)34-16-27(40)37-23-5-3-20(24(14-23)29(31,32)33)17-39-9-7-38(2)8-10-39/h3-6,11-14,34-36H,7-10,15-17H2,1-2H3,(H,37,40). The average Bonchev–Trinajstić information content (AvgIpc) is 3.28. The summed E-state index contributed by atoms with van der Waals surface area (Å²) in [5, 5.41) is 8.51. The zero-order valence-corrected chi connectivity index (χ0v) is 22.4. The molecule has 7 nitrogen and oxygen atoms in total. The lowest BCUT2D eigenvalue weighted by atomic mass is 10.0. The fourth-order valence-electron chi connectivity index (χ4n) is 5.02. The molecule has 0 atom stereocenters. The van der Waals surface area contributed by atoms with E-state index in [1.807, 2.05) is 31.0 Å². The number of fused-ring (bicyclic) bond motifs is 1. The number of benzene rings is 2. The highest BCUT2D eigenvalue weighted by Gasteiger charge is 2.34. The van der Waals surface area contributed by atoms with Crippen LogP contribution in [0.2, 0.25) is 0 Å². The molecular formula is C29H32F4N6O. The first-order chi connectivity index (χ1) is 19.0. The quantitative estimate of drug-likeness (QED) is 0.300. The molecule has 2 aliphatic rings. The van der Waals surface area contributed by atoms with Gasteiger partial charge in [0.15, 0.2) is 0 Å². The van der Waals surface area contributed by atoms with Crippen LogP contribution in [0.5, 0.6) is 0 Å². The van der Waals surface area contributed by atoms with E-state index in [-0.39, 0.29) is 30.0 Å². The van der Waals surface area contributed by atoms with Crippen molar-refractivity contribution in [1.29, 1.82) is 0 Å². The maximum atomic E-state index is 14.8. The van der Waals surface area contributed by atoms with Gasteiger partial charge in [-0.1, -0.05) is 12.1 Å². The number of carbonyl (C=O) groups excluding carboxylic acids is 1. The molecule has 0 bridgehead atoms. The maximum absolute atomic E-state index is 14.8. The number of rotatable bonds is 7. The van der Waals surface area contributed by atoms with E-state index in [2.05, 4.69) is 25.8 Å². The minimum atomic E-state index is -4.56. The van der Waals surface area contributed by atoms with Crippen LogP contribution in [0.1, 0.15) is 27.9 Å². The highest BCUT2D eigenvalue weighted by molar-refractivity contribution is 5.94. The van der Waals surface area contributed by atoms with E-state index in [1.54, 1.807) is 12.1 Å². The van der Waals surface area contributed by atoms with Gasteiger partial charge in [-0.3, -0.25) is 9.69 Å². The third kappa shape index (κ3) is 6.48. The number of hydrogen-bond donors (Lipinski definition) is 4. The summed E-state index contributed by atoms with van der Waals surface area (Å²) in [7, 11) is 1.99. The first kappa shape index (κ1) is 27.7. The Bertz CT molecular complexity index is 1420. The molecule has 0 saturated carbocycles. The molecule has 0 unspecified atom stereocenters. The number of carbonyl (C=O) groups is 1. The van der Waals surface area contributed by atoms with Crippen LogP contribution in [0.4, 0.5) is 34.8 Å². The minimum Gasteiger partial charge on any atom is -0.374 e. The molecule has 0 spiro atoms. The van der Waals surface area contributed by atoms with Gasteiger partial charge in [0.05, 0.1) is 17.8 Å². The molecule has 1 fully saturated rings. The Morgan fingerprint density at radius 3 is 2.55 bits per heavy atom. The summed E-state index contributed by atoms with van der Waals surface area (Å²) in [4.78, 5) is 19.9. The zero-order valence-electron chi connectivity index (χ0n) is 22.4. The summed E-state index contributed by atoms with van der Waals surface area (Å²) in [6, 6.07) is 10.5. The van der Waals surface area contributed by atoms with Crippen LogP contribution in [-0.2, 0) is 17.5 Å². The maximum Gasteiger partial charge on any atom is 0.416 e. The van der Waals surface area contributed by atoms with E-state index in [9.17, 15) is 22.4 Å². The van der Waals surface area contributed by atoms with Gasteiger partial charge in [0, 0.05) is 56.2 Å². The Labute approximate surface area is 230 Å². The molecule has 2 aliphatic heterocycles. The molecule has 3 aromatic rings. The van der Waals surface area contributed by atoms with Gasteiger partial charge in [0.25, 0.3) is 0 Å². The van der Waals surface area contributed by atoms with Crippen LogP contribution >= 0.6 is 0 Å². The van der Waals surface area contributed by atoms with Crippen molar-refractivity contribution in [2.24, 2.45) is 0 Å². The molecule has 2 aromatic carbocycles. The minimum absolute atomic E-state index is 0.0353. The summed E-state index contributed by atoms with van der Waals surface area (Å²) in [6.45, 7) is 5.36. The second-order valence-electron chi connectivity index (χ2n) is 10.4. The molecule has 0 radical (unpaired) electrons. The number of anilines is 3. The first-order valence-electron chi connectivity index (χ1n) is 13.1. The van der Waals surface area contributed by atoms with Crippen molar-refractivity contribution < 1.29 is 22.4 Å². The fraction of sp³-hybridized carbons (Fsp3) is 0.345. The SMILES string of the molecule is Cc1cc2c([nH]1)NCC(c1ccc(NCC(=O)Nc3ccc(CN4CCN(C)CC4)c(C(F)(F)F)c3)c(F)c1)=C2. The highest BCUT2D eigenvalue weighted by atomic mass is 19.4. The van der Waals surface area contributed by atoms with Crippen LogP contribution in [0.15, 0.2) is 42.5 Å². The number of aromatic amines is 1. The van der Waals surface area contributed by atoms with Crippen molar-refractivity contribution in [2.75, 3.05) is 62.3 Å². The molecule has 1 aromatic heterocycles. The number of aryl methyl sites for hydroxylation is 1. The van der Waals surface area contributed by atoms with Gasteiger partial charge in [-0.25, -0.2) is 4.39 Å². The van der Waals surface area contributed by atoms with Gasteiger partial charge in [-0.2, -0.15) is 13.2 Å². The molecular weight excluding hydrogens is 524 g/mol. The molecule has 11 heteroatoms. The van der Waals surface area contributed by atoms with Crippen LogP contribution in [0, 0.1) is 12.7 Å². The van der Waals surface area contributed by atoms with E-state index in [0.717, 1.165) is 41.8 Å². The average molecular weight is 557 g/mol. The van der Waals surface area contributed by atoms with Gasteiger partial charge in [-0.15, -0.1) is 0 Å². The van der Waals surface area contributed by atoms with Crippen molar-refractivity contribution in [3.05, 3.63) is 76.2 Å². The molecule has 1 saturated heterocycles. The lowest BCUT2D eigenvalue weighted by molar-refractivity contribution is -0.138. The summed E-state index contributed by atoms with van der Waals surface area (Å²) < 4.78 is 56.3. The first-order valence-corrected chi connectivity index (χ1v) is 13.1. The van der Waals surface area contributed by atoms with E-state index in [4.69, 9.17) is 0 Å². The van der Waals surface area contributed by atoms with Gasteiger partial charge in [0.1, 0.15) is 11.6 Å². The highest BCUT2D eigenvalue weighted by Crippen LogP contribution is 2.35. The second-order valence-corrected chi connectivity index (χ2v) is 10.4. The van der Waals surface area contributed by atoms with Crippen LogP contribution in [-0.4, -0.2) is 67.0 Å². The number of amides is 1. The van der Waals surface area contributed by atoms with Crippen LogP contribution < -0.4 is 16.0 Å². The Balaban J connectivity index is 1.21. The molecule has 40 heavy (non-hydrogen) atoms. The number of alkyl halides is 3. The van der Waals surface area contributed by atoms with E-state index < -0.39 is 23.5 Å². The number of nitrogens with one attached hydrogen (secondary N) is 4. The van der Waals surface area contributed by atoms with Crippen molar-refractivity contribution in [2.45, 2.75) is 19.6 Å². The van der Waals surface area contributed by atoms with Crippen molar-refractivity contribution >= 4 is 34.7 Å². The van der Waals surface area contributed by atoms with E-state index in [1.165, 1.54) is 18.2 Å². The molecule has 5 rings (SSSR count). The molecule has 4 N–H and O–H groups in total. The number of nitrogens with zero attached hydrogens (tertiary/aromatic N) is 2. The van der Waals surface area contributed by atoms with Crippen molar-refractivity contribution in [1.82, 2.24) is 14.8 Å². The third-order valence-electron chi connectivity index (χ3n) is 7.24. The number of hydrogen-bond acceptors (Lipinski definition) is 5. The molecule has 1 amide bonds. The van der Waals surface area contributed by atoms with Gasteiger partial charge in [-0.05, 0) is 67.1 Å². The summed E-state index contributed by atoms with van der Waals surface area (Å²) in [6.07, 6.45) is -2.56.